The highest BCUT2D eigenvalue weighted by molar-refractivity contribution is 6.32. The van der Waals surface area contributed by atoms with Crippen LogP contribution in [0.5, 0.6) is 23.3 Å². The molecule has 0 aliphatic rings. The summed E-state index contributed by atoms with van der Waals surface area (Å²) in [4.78, 5) is 23.3. The molecule has 0 atom stereocenters. The number of aliphatic imine (C=N–C) groups is 1. The van der Waals surface area contributed by atoms with Gasteiger partial charge in [-0.25, -0.2) is 23.4 Å². The van der Waals surface area contributed by atoms with E-state index in [1.54, 1.807) is 13.8 Å². The number of hydrogen-bond acceptors (Lipinski definition) is 7. The van der Waals surface area contributed by atoms with E-state index in [-0.39, 0.29) is 17.8 Å². The zero-order valence-electron chi connectivity index (χ0n) is 23.7. The number of aromatic amines is 1. The quantitative estimate of drug-likeness (QED) is 0.125. The maximum Gasteiger partial charge on any atom is 0.416 e. The van der Waals surface area contributed by atoms with E-state index < -0.39 is 62.7 Å². The normalized spacial score (nSPS) is 10.9. The Morgan fingerprint density at radius 1 is 0.891 bits per heavy atom. The largest absolute Gasteiger partial charge is 0.433 e. The van der Waals surface area contributed by atoms with Crippen molar-refractivity contribution in [3.63, 3.8) is 0 Å². The van der Waals surface area contributed by atoms with E-state index in [0.717, 1.165) is 4.68 Å². The third-order valence-corrected chi connectivity index (χ3v) is 5.67. The molecular formula is C26H20Cl2F8N6O4. The van der Waals surface area contributed by atoms with Crippen LogP contribution >= 0.6 is 23.2 Å². The molecule has 0 saturated heterocycles. The standard InChI is InChI=1S/C13H10ClF4N3O2.C11H7ClF4N2O.C2H3NO/c1-6-3-10(20-21(6)12(22)19-2)23-11-8(14)4-7(5-9(11)15)13(16,17)18;1-5-2-9(18-17-5)19-10-7(12)3-6(4-8(10)13)11(14,15)16;1-3-2-4/h3-5H,1-2H3,(H,19,22);2-4H,1H3,(H,17,18);1H3. The number of ether oxygens (including phenoxy) is 2. The Morgan fingerprint density at radius 2 is 1.35 bits per heavy atom. The summed E-state index contributed by atoms with van der Waals surface area (Å²) in [6.45, 7) is 3.23. The second-order valence-electron chi connectivity index (χ2n) is 8.53. The number of isocyanates is 1. The van der Waals surface area contributed by atoms with Crippen molar-refractivity contribution in [3.8, 4) is 23.3 Å². The van der Waals surface area contributed by atoms with Crippen LogP contribution in [0.15, 0.2) is 41.4 Å². The number of nitrogens with zero attached hydrogens (tertiary/aromatic N) is 4. The summed E-state index contributed by atoms with van der Waals surface area (Å²) in [5, 5.41) is 11.3. The average molecular weight is 703 g/mol. The molecule has 2 N–H and O–H groups in total. The maximum absolute atomic E-state index is 13.8. The molecule has 4 rings (SSSR count). The van der Waals surface area contributed by atoms with Gasteiger partial charge in [-0.2, -0.15) is 31.0 Å². The molecule has 0 saturated carbocycles. The van der Waals surface area contributed by atoms with Crippen molar-refractivity contribution in [2.45, 2.75) is 26.2 Å². The van der Waals surface area contributed by atoms with Gasteiger partial charge >= 0.3 is 18.4 Å². The summed E-state index contributed by atoms with van der Waals surface area (Å²) < 4.78 is 113. The molecule has 248 valence electrons. The Labute approximate surface area is 263 Å². The fourth-order valence-corrected chi connectivity index (χ4v) is 3.60. The van der Waals surface area contributed by atoms with Gasteiger partial charge in [0, 0.05) is 31.9 Å². The number of halogens is 10. The number of carbonyl (C=O) groups excluding carboxylic acids is 2. The van der Waals surface area contributed by atoms with E-state index in [0.29, 0.717) is 29.6 Å². The summed E-state index contributed by atoms with van der Waals surface area (Å²) >= 11 is 11.2. The predicted molar refractivity (Wildman–Crippen MR) is 147 cm³/mol. The lowest BCUT2D eigenvalue weighted by atomic mass is 10.2. The first-order valence-electron chi connectivity index (χ1n) is 12.1. The Balaban J connectivity index is 0.000000291. The number of hydrogen-bond donors (Lipinski definition) is 2. The first-order chi connectivity index (χ1) is 21.3. The molecule has 4 aromatic rings. The lowest BCUT2D eigenvalue weighted by Crippen LogP contribution is -2.26. The van der Waals surface area contributed by atoms with E-state index in [4.69, 9.17) is 37.5 Å². The molecule has 0 radical (unpaired) electrons. The van der Waals surface area contributed by atoms with Gasteiger partial charge in [0.25, 0.3) is 0 Å². The zero-order chi connectivity index (χ0) is 35.0. The van der Waals surface area contributed by atoms with Crippen molar-refractivity contribution < 1.29 is 54.2 Å². The van der Waals surface area contributed by atoms with Crippen LogP contribution in [0.4, 0.5) is 39.9 Å². The number of benzene rings is 2. The monoisotopic (exact) mass is 702 g/mol. The lowest BCUT2D eigenvalue weighted by Gasteiger charge is -2.11. The molecule has 0 spiro atoms. The summed E-state index contributed by atoms with van der Waals surface area (Å²) in [6.07, 6.45) is -8.10. The van der Waals surface area contributed by atoms with E-state index in [2.05, 4.69) is 25.6 Å². The zero-order valence-corrected chi connectivity index (χ0v) is 25.2. The van der Waals surface area contributed by atoms with E-state index >= 15 is 0 Å². The first-order valence-corrected chi connectivity index (χ1v) is 12.8. The number of carbonyl (C=O) groups is 1. The van der Waals surface area contributed by atoms with E-state index in [1.807, 2.05) is 0 Å². The van der Waals surface area contributed by atoms with Gasteiger partial charge in [-0.1, -0.05) is 23.2 Å². The van der Waals surface area contributed by atoms with Crippen molar-refractivity contribution in [1.82, 2.24) is 25.3 Å². The average Bonchev–Trinajstić information content (AvgIpc) is 3.55. The third kappa shape index (κ3) is 10.2. The number of alkyl halides is 6. The van der Waals surface area contributed by atoms with Gasteiger partial charge < -0.3 is 14.8 Å². The smallest absolute Gasteiger partial charge is 0.416 e. The second kappa shape index (κ2) is 15.6. The Kier molecular flexibility index (Phi) is 12.7. The molecule has 2 heterocycles. The minimum Gasteiger partial charge on any atom is -0.433 e. The van der Waals surface area contributed by atoms with Crippen LogP contribution in [0.2, 0.25) is 10.0 Å². The topological polar surface area (TPSA) is 123 Å². The van der Waals surface area contributed by atoms with Crippen LogP contribution in [0, 0.1) is 25.5 Å². The van der Waals surface area contributed by atoms with Crippen LogP contribution in [0.1, 0.15) is 22.5 Å². The molecule has 0 aliphatic carbocycles. The van der Waals surface area contributed by atoms with Crippen LogP contribution in [-0.2, 0) is 17.1 Å². The summed E-state index contributed by atoms with van der Waals surface area (Å²) in [5.41, 5.74) is -1.39. The van der Waals surface area contributed by atoms with Gasteiger partial charge in [0.1, 0.15) is 0 Å². The van der Waals surface area contributed by atoms with Crippen LogP contribution in [-0.4, -0.2) is 46.2 Å². The molecular weight excluding hydrogens is 683 g/mol. The van der Waals surface area contributed by atoms with Gasteiger partial charge in [-0.15, -0.1) is 10.2 Å². The molecule has 10 nitrogen and oxygen atoms in total. The molecule has 2 aromatic carbocycles. The summed E-state index contributed by atoms with van der Waals surface area (Å²) in [6, 6.07) is 3.93. The van der Waals surface area contributed by atoms with Crippen molar-refractivity contribution >= 4 is 35.3 Å². The molecule has 0 bridgehead atoms. The Hall–Kier alpha value is -4.67. The van der Waals surface area contributed by atoms with Crippen LogP contribution < -0.4 is 14.8 Å². The summed E-state index contributed by atoms with van der Waals surface area (Å²) in [7, 11) is 2.77. The Morgan fingerprint density at radius 3 is 1.70 bits per heavy atom. The SMILES string of the molecule is CN=C=O.CNC(=O)n1nc(Oc2c(F)cc(C(F)(F)F)cc2Cl)cc1C.Cc1cc(Oc2c(F)cc(C(F)(F)F)cc2Cl)n[nH]1. The fraction of sp³-hybridized carbons (Fsp3) is 0.231. The summed E-state index contributed by atoms with van der Waals surface area (Å²) in [5.74, 6) is -3.79. The minimum absolute atomic E-state index is 0.0121. The molecule has 2 aromatic heterocycles. The highest BCUT2D eigenvalue weighted by atomic mass is 35.5. The molecule has 46 heavy (non-hydrogen) atoms. The van der Waals surface area contributed by atoms with Crippen LogP contribution in [0.3, 0.4) is 0 Å². The second-order valence-corrected chi connectivity index (χ2v) is 9.35. The van der Waals surface area contributed by atoms with Gasteiger partial charge in [0.2, 0.25) is 17.8 Å². The van der Waals surface area contributed by atoms with Crippen LogP contribution in [0.25, 0.3) is 0 Å². The minimum atomic E-state index is -4.74. The van der Waals surface area contributed by atoms with E-state index in [9.17, 15) is 39.9 Å². The predicted octanol–water partition coefficient (Wildman–Crippen LogP) is 8.26. The van der Waals surface area contributed by atoms with Gasteiger partial charge in [-0.3, -0.25) is 5.10 Å². The molecule has 0 unspecified atom stereocenters. The Bertz CT molecular complexity index is 1690. The number of aryl methyl sites for hydroxylation is 2. The molecule has 0 aliphatic heterocycles. The van der Waals surface area contributed by atoms with E-state index in [1.165, 1.54) is 32.3 Å². The maximum atomic E-state index is 13.8. The van der Waals surface area contributed by atoms with Crippen molar-refractivity contribution in [2.24, 2.45) is 4.99 Å². The number of aromatic nitrogens is 4. The van der Waals surface area contributed by atoms with Gasteiger partial charge in [0.05, 0.1) is 26.9 Å². The third-order valence-electron chi connectivity index (χ3n) is 5.11. The van der Waals surface area contributed by atoms with Gasteiger partial charge in [-0.05, 0) is 38.1 Å². The highest BCUT2D eigenvalue weighted by Crippen LogP contribution is 2.39. The number of nitrogens with one attached hydrogen (secondary N) is 2. The fourth-order valence-electron chi connectivity index (χ4n) is 3.10. The van der Waals surface area contributed by atoms with Crippen molar-refractivity contribution in [3.05, 3.63) is 80.6 Å². The van der Waals surface area contributed by atoms with Crippen molar-refractivity contribution in [2.75, 3.05) is 14.1 Å². The lowest BCUT2D eigenvalue weighted by molar-refractivity contribution is -0.138. The number of amides is 1. The first kappa shape index (κ1) is 37.5. The van der Waals surface area contributed by atoms with Crippen molar-refractivity contribution in [1.29, 1.82) is 0 Å². The highest BCUT2D eigenvalue weighted by Gasteiger charge is 2.34. The van der Waals surface area contributed by atoms with Gasteiger partial charge in [0.15, 0.2) is 23.1 Å². The molecule has 0 fully saturated rings. The molecule has 20 heteroatoms. The molecule has 1 amide bonds. The number of H-pyrrole nitrogens is 1. The number of rotatable bonds is 4.